The van der Waals surface area contributed by atoms with Crippen LogP contribution in [0.15, 0.2) is 48.2 Å². The van der Waals surface area contributed by atoms with Gasteiger partial charge in [0.05, 0.1) is 12.2 Å². The van der Waals surface area contributed by atoms with Gasteiger partial charge in [0.1, 0.15) is 11.9 Å². The average Bonchev–Trinajstić information content (AvgIpc) is 3.14. The van der Waals surface area contributed by atoms with Crippen molar-refractivity contribution in [2.45, 2.75) is 38.2 Å². The van der Waals surface area contributed by atoms with E-state index in [2.05, 4.69) is 4.90 Å². The molecule has 2 aliphatic rings. The molecule has 1 heterocycles. The number of aryl methyl sites for hydroxylation is 1. The summed E-state index contributed by atoms with van der Waals surface area (Å²) in [5.41, 5.74) is 11.6. The Morgan fingerprint density at radius 3 is 2.74 bits per heavy atom. The van der Waals surface area contributed by atoms with Crippen LogP contribution in [0.1, 0.15) is 52.7 Å². The van der Waals surface area contributed by atoms with Crippen LogP contribution in [-0.4, -0.2) is 48.4 Å². The van der Waals surface area contributed by atoms with Crippen molar-refractivity contribution in [1.82, 2.24) is 4.90 Å². The number of allylic oxidation sites excluding steroid dienone is 1. The number of carboxylic acid groups (broad SMARTS) is 1. The number of ether oxygens (including phenoxy) is 1. The predicted octanol–water partition coefficient (Wildman–Crippen LogP) is 4.25. The van der Waals surface area contributed by atoms with Crippen molar-refractivity contribution >= 4 is 11.5 Å². The fourth-order valence-corrected chi connectivity index (χ4v) is 4.56. The molecule has 2 aromatic carbocycles. The summed E-state index contributed by atoms with van der Waals surface area (Å²) in [6.45, 7) is 2.29. The molecule has 1 aliphatic carbocycles. The number of likely N-dealkylation sites (tertiary alicyclic amines) is 1. The lowest BCUT2D eigenvalue weighted by molar-refractivity contribution is 0.0696. The predicted molar refractivity (Wildman–Crippen MR) is 119 cm³/mol. The summed E-state index contributed by atoms with van der Waals surface area (Å²) in [5.74, 6) is -0.0995. The van der Waals surface area contributed by atoms with Crippen LogP contribution < -0.4 is 10.5 Å². The lowest BCUT2D eigenvalue weighted by Gasteiger charge is -2.17. The summed E-state index contributed by atoms with van der Waals surface area (Å²) >= 11 is 0. The van der Waals surface area contributed by atoms with E-state index < -0.39 is 5.97 Å². The molecule has 164 valence electrons. The van der Waals surface area contributed by atoms with E-state index in [0.29, 0.717) is 12.0 Å². The molecule has 0 aromatic heterocycles. The van der Waals surface area contributed by atoms with Crippen molar-refractivity contribution in [2.24, 2.45) is 5.73 Å². The molecule has 0 saturated carbocycles. The molecule has 1 atom stereocenters. The Bertz CT molecular complexity index is 971. The number of nitrogens with two attached hydrogens (primary N) is 1. The molecule has 1 fully saturated rings. The largest absolute Gasteiger partial charge is 0.489 e. The zero-order chi connectivity index (χ0) is 21.8. The molecule has 0 unspecified atom stereocenters. The molecular weight excluding hydrogens is 395 g/mol. The molecule has 6 heteroatoms. The zero-order valence-corrected chi connectivity index (χ0v) is 17.6. The van der Waals surface area contributed by atoms with Crippen LogP contribution in [0.5, 0.6) is 5.75 Å². The fraction of sp³-hybridized carbons (Fsp3) is 0.400. The quantitative estimate of drug-likeness (QED) is 0.695. The highest BCUT2D eigenvalue weighted by Crippen LogP contribution is 2.34. The van der Waals surface area contributed by atoms with E-state index in [0.717, 1.165) is 79.0 Å². The van der Waals surface area contributed by atoms with Gasteiger partial charge in [-0.15, -0.1) is 0 Å². The normalized spacial score (nSPS) is 19.2. The third kappa shape index (κ3) is 4.90. The number of carbonyl (C=O) groups is 1. The van der Waals surface area contributed by atoms with Gasteiger partial charge in [0.2, 0.25) is 0 Å². The number of nitrogens with zero attached hydrogens (tertiary/aromatic N) is 1. The van der Waals surface area contributed by atoms with Crippen LogP contribution in [0.2, 0.25) is 0 Å². The molecule has 0 radical (unpaired) electrons. The second-order valence-electron chi connectivity index (χ2n) is 8.33. The molecule has 2 aromatic rings. The molecule has 0 amide bonds. The fourth-order valence-electron chi connectivity index (χ4n) is 4.56. The van der Waals surface area contributed by atoms with Crippen LogP contribution >= 0.6 is 0 Å². The molecule has 1 saturated heterocycles. The number of fused-ring (bicyclic) bond motifs is 1. The van der Waals surface area contributed by atoms with Gasteiger partial charge >= 0.3 is 5.97 Å². The topological polar surface area (TPSA) is 75.8 Å². The number of halogens is 1. The molecule has 3 N–H and O–H groups in total. The van der Waals surface area contributed by atoms with Gasteiger partial charge in [-0.05, 0) is 73.1 Å². The SMILES string of the molecule is NC1=C(c2ccc(O[C@H]3CCN(CCCF)C3)cc2)c2ccc(C(=O)O)cc2CCC1. The maximum atomic E-state index is 12.4. The molecule has 1 aliphatic heterocycles. The molecule has 4 rings (SSSR count). The number of carboxylic acids is 1. The Labute approximate surface area is 182 Å². The van der Waals surface area contributed by atoms with Gasteiger partial charge in [-0.3, -0.25) is 9.29 Å². The number of alkyl halides is 1. The number of rotatable bonds is 7. The highest BCUT2D eigenvalue weighted by molar-refractivity contribution is 5.90. The van der Waals surface area contributed by atoms with Gasteiger partial charge in [-0.1, -0.05) is 18.2 Å². The van der Waals surface area contributed by atoms with E-state index in [1.54, 1.807) is 12.1 Å². The maximum absolute atomic E-state index is 12.4. The molecule has 0 bridgehead atoms. The van der Waals surface area contributed by atoms with E-state index in [9.17, 15) is 14.3 Å². The van der Waals surface area contributed by atoms with Crippen molar-refractivity contribution in [3.8, 4) is 5.75 Å². The third-order valence-corrected chi connectivity index (χ3v) is 6.12. The van der Waals surface area contributed by atoms with E-state index >= 15 is 0 Å². The number of benzene rings is 2. The summed E-state index contributed by atoms with van der Waals surface area (Å²) in [6, 6.07) is 13.3. The van der Waals surface area contributed by atoms with Crippen LogP contribution in [-0.2, 0) is 6.42 Å². The number of aromatic carboxylic acids is 1. The van der Waals surface area contributed by atoms with Gasteiger partial charge in [0, 0.05) is 30.9 Å². The van der Waals surface area contributed by atoms with Gasteiger partial charge in [-0.25, -0.2) is 4.79 Å². The van der Waals surface area contributed by atoms with Gasteiger partial charge in [0.25, 0.3) is 0 Å². The lowest BCUT2D eigenvalue weighted by Crippen LogP contribution is -2.26. The summed E-state index contributed by atoms with van der Waals surface area (Å²) in [6.07, 6.45) is 4.14. The van der Waals surface area contributed by atoms with Crippen molar-refractivity contribution in [3.05, 3.63) is 70.4 Å². The number of hydrogen-bond donors (Lipinski definition) is 2. The first-order valence-electron chi connectivity index (χ1n) is 11.0. The lowest BCUT2D eigenvalue weighted by atomic mass is 9.91. The summed E-state index contributed by atoms with van der Waals surface area (Å²) < 4.78 is 18.5. The Balaban J connectivity index is 1.52. The van der Waals surface area contributed by atoms with E-state index in [1.165, 1.54) is 0 Å². The van der Waals surface area contributed by atoms with Gasteiger partial charge in [0.15, 0.2) is 0 Å². The van der Waals surface area contributed by atoms with Crippen molar-refractivity contribution in [2.75, 3.05) is 26.3 Å². The van der Waals surface area contributed by atoms with Crippen LogP contribution in [0.3, 0.4) is 0 Å². The first kappa shape index (κ1) is 21.4. The number of hydrogen-bond acceptors (Lipinski definition) is 4. The summed E-state index contributed by atoms with van der Waals surface area (Å²) in [4.78, 5) is 13.6. The Morgan fingerprint density at radius 1 is 1.19 bits per heavy atom. The van der Waals surface area contributed by atoms with E-state index in [4.69, 9.17) is 10.5 Å². The first-order valence-corrected chi connectivity index (χ1v) is 11.0. The van der Waals surface area contributed by atoms with Gasteiger partial charge in [-0.2, -0.15) is 0 Å². The summed E-state index contributed by atoms with van der Waals surface area (Å²) in [7, 11) is 0. The summed E-state index contributed by atoms with van der Waals surface area (Å²) in [5, 5.41) is 9.33. The zero-order valence-electron chi connectivity index (χ0n) is 17.6. The van der Waals surface area contributed by atoms with Crippen LogP contribution in [0, 0.1) is 0 Å². The minimum atomic E-state index is -0.915. The highest BCUT2D eigenvalue weighted by atomic mass is 19.1. The Morgan fingerprint density at radius 2 is 2.00 bits per heavy atom. The maximum Gasteiger partial charge on any atom is 0.335 e. The van der Waals surface area contributed by atoms with E-state index in [1.807, 2.05) is 30.3 Å². The van der Waals surface area contributed by atoms with Crippen LogP contribution in [0.25, 0.3) is 5.57 Å². The van der Waals surface area contributed by atoms with Crippen LogP contribution in [0.4, 0.5) is 4.39 Å². The molecule has 31 heavy (non-hydrogen) atoms. The third-order valence-electron chi connectivity index (χ3n) is 6.12. The second-order valence-corrected chi connectivity index (χ2v) is 8.33. The molecule has 0 spiro atoms. The smallest absolute Gasteiger partial charge is 0.335 e. The Hall–Kier alpha value is -2.86. The monoisotopic (exact) mass is 424 g/mol. The highest BCUT2D eigenvalue weighted by Gasteiger charge is 2.24. The molecular formula is C25H29FN2O3. The van der Waals surface area contributed by atoms with Crippen molar-refractivity contribution in [3.63, 3.8) is 0 Å². The minimum absolute atomic E-state index is 0.128. The van der Waals surface area contributed by atoms with Crippen molar-refractivity contribution < 1.29 is 19.0 Å². The van der Waals surface area contributed by atoms with Gasteiger partial charge < -0.3 is 15.6 Å². The standard InChI is InChI=1S/C25H29FN2O3/c26-12-2-13-28-14-11-21(16-28)31-20-8-5-17(6-9-20)24-22-10-7-19(25(29)30)15-18(22)3-1-4-23(24)27/h5-10,15,21H,1-4,11-14,16,27H2,(H,29,30)/t21-/m0/s1. The second kappa shape index (κ2) is 9.52. The molecule has 5 nitrogen and oxygen atoms in total. The van der Waals surface area contributed by atoms with Crippen molar-refractivity contribution in [1.29, 1.82) is 0 Å². The minimum Gasteiger partial charge on any atom is -0.489 e. The van der Waals surface area contributed by atoms with E-state index in [-0.39, 0.29) is 12.8 Å². The Kier molecular flexibility index (Phi) is 6.56. The first-order chi connectivity index (χ1) is 15.0. The average molecular weight is 425 g/mol.